The molecule has 1 aromatic heterocycles. The van der Waals surface area contributed by atoms with Gasteiger partial charge in [0.05, 0.1) is 5.52 Å². The number of hydrogen-bond donors (Lipinski definition) is 0. The van der Waals surface area contributed by atoms with Crippen LogP contribution in [0.3, 0.4) is 0 Å². The highest BCUT2D eigenvalue weighted by Gasteiger charge is 2.02. The van der Waals surface area contributed by atoms with Gasteiger partial charge in [0.2, 0.25) is 0 Å². The summed E-state index contributed by atoms with van der Waals surface area (Å²) in [7, 11) is 1.92. The number of aldehydes is 1. The monoisotopic (exact) mass is 236 g/mol. The molecule has 0 saturated heterocycles. The summed E-state index contributed by atoms with van der Waals surface area (Å²) >= 11 is 0. The summed E-state index contributed by atoms with van der Waals surface area (Å²) < 4.78 is 1.81. The molecule has 0 fully saturated rings. The van der Waals surface area contributed by atoms with Gasteiger partial charge in [0.25, 0.3) is 0 Å². The van der Waals surface area contributed by atoms with Gasteiger partial charge in [-0.05, 0) is 23.3 Å². The van der Waals surface area contributed by atoms with Gasteiger partial charge in [-0.3, -0.25) is 9.48 Å². The van der Waals surface area contributed by atoms with Crippen LogP contribution in [0.1, 0.15) is 10.4 Å². The molecule has 0 aliphatic heterocycles. The fraction of sp³-hybridized carbons (Fsp3) is 0.0667. The van der Waals surface area contributed by atoms with Gasteiger partial charge in [0.1, 0.15) is 6.29 Å². The SMILES string of the molecule is Cn1cc2cc(-c3ccc(C=O)cc3)ccc2n1. The van der Waals surface area contributed by atoms with E-state index in [9.17, 15) is 4.79 Å². The van der Waals surface area contributed by atoms with E-state index in [0.717, 1.165) is 28.3 Å². The fourth-order valence-electron chi connectivity index (χ4n) is 2.08. The molecule has 0 aliphatic rings. The lowest BCUT2D eigenvalue weighted by Crippen LogP contribution is -1.84. The predicted octanol–water partition coefficient (Wildman–Crippen LogP) is 3.05. The molecule has 0 radical (unpaired) electrons. The molecule has 3 aromatic rings. The van der Waals surface area contributed by atoms with E-state index in [1.807, 2.05) is 54.3 Å². The third kappa shape index (κ3) is 1.80. The Morgan fingerprint density at radius 2 is 1.78 bits per heavy atom. The van der Waals surface area contributed by atoms with Crippen molar-refractivity contribution in [1.29, 1.82) is 0 Å². The van der Waals surface area contributed by atoms with E-state index in [0.29, 0.717) is 5.56 Å². The van der Waals surface area contributed by atoms with Crippen LogP contribution in [0.5, 0.6) is 0 Å². The summed E-state index contributed by atoms with van der Waals surface area (Å²) in [6, 6.07) is 13.7. The maximum atomic E-state index is 10.6. The van der Waals surface area contributed by atoms with Crippen LogP contribution in [0.4, 0.5) is 0 Å². The molecular formula is C15H12N2O. The molecule has 18 heavy (non-hydrogen) atoms. The Kier molecular flexibility index (Phi) is 2.45. The molecule has 0 saturated carbocycles. The average Bonchev–Trinajstić information content (AvgIpc) is 2.78. The van der Waals surface area contributed by atoms with Gasteiger partial charge >= 0.3 is 0 Å². The standard InChI is InChI=1S/C15H12N2O/c1-17-9-14-8-13(6-7-15(14)16-17)12-4-2-11(10-18)3-5-12/h2-10H,1H3. The van der Waals surface area contributed by atoms with Crippen LogP contribution in [0.2, 0.25) is 0 Å². The third-order valence-electron chi connectivity index (χ3n) is 3.00. The first-order valence-corrected chi connectivity index (χ1v) is 5.75. The summed E-state index contributed by atoms with van der Waals surface area (Å²) in [5.41, 5.74) is 3.92. The number of fused-ring (bicyclic) bond motifs is 1. The Hall–Kier alpha value is -2.42. The van der Waals surface area contributed by atoms with Crippen molar-refractivity contribution < 1.29 is 4.79 Å². The first-order chi connectivity index (χ1) is 8.76. The number of aromatic nitrogens is 2. The summed E-state index contributed by atoms with van der Waals surface area (Å²) in [4.78, 5) is 10.6. The zero-order valence-corrected chi connectivity index (χ0v) is 10.00. The van der Waals surface area contributed by atoms with Crippen molar-refractivity contribution in [3.05, 3.63) is 54.2 Å². The summed E-state index contributed by atoms with van der Waals surface area (Å²) in [6.07, 6.45) is 2.85. The van der Waals surface area contributed by atoms with E-state index >= 15 is 0 Å². The quantitative estimate of drug-likeness (QED) is 0.641. The van der Waals surface area contributed by atoms with E-state index in [1.54, 1.807) is 0 Å². The minimum atomic E-state index is 0.696. The second-order valence-corrected chi connectivity index (χ2v) is 4.32. The molecule has 3 rings (SSSR count). The number of nitrogens with zero attached hydrogens (tertiary/aromatic N) is 2. The van der Waals surface area contributed by atoms with Crippen LogP contribution < -0.4 is 0 Å². The van der Waals surface area contributed by atoms with Gasteiger partial charge in [-0.1, -0.05) is 30.3 Å². The highest BCUT2D eigenvalue weighted by Crippen LogP contribution is 2.23. The Morgan fingerprint density at radius 3 is 2.50 bits per heavy atom. The summed E-state index contributed by atoms with van der Waals surface area (Å²) in [5, 5.41) is 5.47. The Balaban J connectivity index is 2.09. The smallest absolute Gasteiger partial charge is 0.150 e. The molecule has 0 amide bonds. The van der Waals surface area contributed by atoms with Gasteiger partial charge < -0.3 is 0 Å². The lowest BCUT2D eigenvalue weighted by molar-refractivity contribution is 0.112. The van der Waals surface area contributed by atoms with Crippen molar-refractivity contribution >= 4 is 17.2 Å². The van der Waals surface area contributed by atoms with Crippen molar-refractivity contribution in [2.24, 2.45) is 7.05 Å². The minimum absolute atomic E-state index is 0.696. The number of aryl methyl sites for hydroxylation is 1. The first kappa shape index (κ1) is 10.7. The molecule has 0 aliphatic carbocycles. The molecule has 0 unspecified atom stereocenters. The van der Waals surface area contributed by atoms with Crippen LogP contribution in [0, 0.1) is 0 Å². The maximum absolute atomic E-state index is 10.6. The molecular weight excluding hydrogens is 224 g/mol. The fourth-order valence-corrected chi connectivity index (χ4v) is 2.08. The topological polar surface area (TPSA) is 34.9 Å². The van der Waals surface area contributed by atoms with Gasteiger partial charge in [-0.2, -0.15) is 5.10 Å². The van der Waals surface area contributed by atoms with Crippen LogP contribution in [0.25, 0.3) is 22.0 Å². The average molecular weight is 236 g/mol. The molecule has 3 nitrogen and oxygen atoms in total. The highest BCUT2D eigenvalue weighted by atomic mass is 16.1. The minimum Gasteiger partial charge on any atom is -0.298 e. The summed E-state index contributed by atoms with van der Waals surface area (Å²) in [5.74, 6) is 0. The van der Waals surface area contributed by atoms with Crippen LogP contribution >= 0.6 is 0 Å². The van der Waals surface area contributed by atoms with E-state index in [2.05, 4.69) is 11.2 Å². The molecule has 88 valence electrons. The molecule has 0 bridgehead atoms. The van der Waals surface area contributed by atoms with Crippen LogP contribution in [-0.2, 0) is 7.05 Å². The van der Waals surface area contributed by atoms with Gasteiger partial charge in [-0.25, -0.2) is 0 Å². The van der Waals surface area contributed by atoms with Crippen molar-refractivity contribution in [3.63, 3.8) is 0 Å². The van der Waals surface area contributed by atoms with Gasteiger partial charge in [0, 0.05) is 24.2 Å². The van der Waals surface area contributed by atoms with Crippen molar-refractivity contribution in [2.45, 2.75) is 0 Å². The lowest BCUT2D eigenvalue weighted by Gasteiger charge is -2.01. The highest BCUT2D eigenvalue weighted by molar-refractivity contribution is 5.84. The number of benzene rings is 2. The molecule has 2 aromatic carbocycles. The van der Waals surface area contributed by atoms with E-state index < -0.39 is 0 Å². The zero-order valence-electron chi connectivity index (χ0n) is 10.00. The van der Waals surface area contributed by atoms with E-state index in [4.69, 9.17) is 0 Å². The van der Waals surface area contributed by atoms with Crippen LogP contribution in [0.15, 0.2) is 48.7 Å². The molecule has 0 spiro atoms. The van der Waals surface area contributed by atoms with E-state index in [1.165, 1.54) is 0 Å². The molecule has 1 heterocycles. The largest absolute Gasteiger partial charge is 0.298 e. The first-order valence-electron chi connectivity index (χ1n) is 5.75. The van der Waals surface area contributed by atoms with Crippen LogP contribution in [-0.4, -0.2) is 16.1 Å². The number of hydrogen-bond acceptors (Lipinski definition) is 2. The zero-order chi connectivity index (χ0) is 12.5. The normalized spacial score (nSPS) is 10.7. The molecule has 0 N–H and O–H groups in total. The predicted molar refractivity (Wildman–Crippen MR) is 71.5 cm³/mol. The maximum Gasteiger partial charge on any atom is 0.150 e. The summed E-state index contributed by atoms with van der Waals surface area (Å²) in [6.45, 7) is 0. The number of carbonyl (C=O) groups is 1. The number of rotatable bonds is 2. The Labute approximate surface area is 105 Å². The molecule has 3 heteroatoms. The Morgan fingerprint density at radius 1 is 1.06 bits per heavy atom. The van der Waals surface area contributed by atoms with Crippen molar-refractivity contribution in [2.75, 3.05) is 0 Å². The molecule has 0 atom stereocenters. The van der Waals surface area contributed by atoms with Crippen molar-refractivity contribution in [3.8, 4) is 11.1 Å². The van der Waals surface area contributed by atoms with Gasteiger partial charge in [0.15, 0.2) is 0 Å². The lowest BCUT2D eigenvalue weighted by atomic mass is 10.0. The number of carbonyl (C=O) groups excluding carboxylic acids is 1. The van der Waals surface area contributed by atoms with Crippen molar-refractivity contribution in [1.82, 2.24) is 9.78 Å². The second kappa shape index (κ2) is 4.11. The van der Waals surface area contributed by atoms with E-state index in [-0.39, 0.29) is 0 Å². The second-order valence-electron chi connectivity index (χ2n) is 4.32. The third-order valence-corrected chi connectivity index (χ3v) is 3.00. The Bertz CT molecular complexity index is 711. The van der Waals surface area contributed by atoms with Gasteiger partial charge in [-0.15, -0.1) is 0 Å².